The summed E-state index contributed by atoms with van der Waals surface area (Å²) in [4.78, 5) is 0. The molecule has 0 aromatic heterocycles. The molecule has 4 nitrogen and oxygen atoms in total. The van der Waals surface area contributed by atoms with Crippen molar-refractivity contribution < 1.29 is 27.7 Å². The van der Waals surface area contributed by atoms with Crippen molar-refractivity contribution in [3.8, 4) is 33.8 Å². The molecule has 0 atom stereocenters. The van der Waals surface area contributed by atoms with E-state index in [-0.39, 0.29) is 0 Å². The van der Waals surface area contributed by atoms with E-state index in [2.05, 4.69) is 61.5 Å². The van der Waals surface area contributed by atoms with E-state index in [9.17, 15) is 8.78 Å². The lowest BCUT2D eigenvalue weighted by Gasteiger charge is -2.28. The lowest BCUT2D eigenvalue weighted by Crippen LogP contribution is -2.13. The van der Waals surface area contributed by atoms with Gasteiger partial charge in [0.05, 0.1) is 13.2 Å². The van der Waals surface area contributed by atoms with Gasteiger partial charge < -0.3 is 18.9 Å². The van der Waals surface area contributed by atoms with Gasteiger partial charge in [0, 0.05) is 20.3 Å². The quantitative estimate of drug-likeness (QED) is 0.168. The van der Waals surface area contributed by atoms with Gasteiger partial charge in [-0.05, 0) is 108 Å². The number of hydrogen-bond donors (Lipinski definition) is 0. The second-order valence-electron chi connectivity index (χ2n) is 11.0. The lowest BCUT2D eigenvalue weighted by atomic mass is 9.77. The van der Waals surface area contributed by atoms with Crippen LogP contribution in [-0.4, -0.2) is 40.6 Å². The second kappa shape index (κ2) is 16.4. The second-order valence-corrected chi connectivity index (χ2v) is 11.0. The molecule has 3 aromatic carbocycles. The number of methoxy groups -OCH3 is 2. The van der Waals surface area contributed by atoms with E-state index >= 15 is 0 Å². The van der Waals surface area contributed by atoms with Crippen molar-refractivity contribution in [3.63, 3.8) is 0 Å². The molecule has 1 saturated carbocycles. The Kier molecular flexibility index (Phi) is 12.4. The van der Waals surface area contributed by atoms with Gasteiger partial charge in [0.1, 0.15) is 24.7 Å². The largest absolute Gasteiger partial charge is 0.491 e. The minimum absolute atomic E-state index is 0.466. The molecule has 0 N–H and O–H groups in total. The molecule has 0 saturated heterocycles. The Morgan fingerprint density at radius 1 is 0.738 bits per heavy atom. The first-order chi connectivity index (χ1) is 20.5. The molecular weight excluding hydrogens is 534 g/mol. The van der Waals surface area contributed by atoms with Crippen LogP contribution in [0.25, 0.3) is 22.3 Å². The van der Waals surface area contributed by atoms with Gasteiger partial charge in [0.2, 0.25) is 0 Å². The summed E-state index contributed by atoms with van der Waals surface area (Å²) in [5, 5.41) is 0. The topological polar surface area (TPSA) is 36.9 Å². The fraction of sp³-hybridized carbons (Fsp3) is 0.444. The Hall–Kier alpha value is -3.22. The zero-order valence-corrected chi connectivity index (χ0v) is 25.2. The molecule has 1 aliphatic rings. The van der Waals surface area contributed by atoms with Crippen molar-refractivity contribution in [2.75, 3.05) is 40.6 Å². The average molecular weight is 579 g/mol. The number of aryl methyl sites for hydroxylation is 1. The van der Waals surface area contributed by atoms with Crippen LogP contribution in [0.1, 0.15) is 62.5 Å². The molecule has 6 heteroatoms. The summed E-state index contributed by atoms with van der Waals surface area (Å²) in [6, 6.07) is 21.7. The fourth-order valence-electron chi connectivity index (χ4n) is 5.89. The zero-order valence-electron chi connectivity index (χ0n) is 25.2. The first-order valence-corrected chi connectivity index (χ1v) is 15.1. The maximum Gasteiger partial charge on any atom is 0.266 e. The van der Waals surface area contributed by atoms with Crippen LogP contribution in [0, 0.1) is 5.92 Å². The Morgan fingerprint density at radius 2 is 1.36 bits per heavy atom. The van der Waals surface area contributed by atoms with E-state index in [1.54, 1.807) is 14.2 Å². The summed E-state index contributed by atoms with van der Waals surface area (Å²) in [6.07, 6.45) is 6.26. The molecule has 3 aromatic rings. The van der Waals surface area contributed by atoms with Crippen molar-refractivity contribution in [1.82, 2.24) is 0 Å². The summed E-state index contributed by atoms with van der Waals surface area (Å²) in [5.74, 6) is 2.61. The third-order valence-electron chi connectivity index (χ3n) is 8.23. The Morgan fingerprint density at radius 3 is 1.93 bits per heavy atom. The average Bonchev–Trinajstić information content (AvgIpc) is 3.01. The summed E-state index contributed by atoms with van der Waals surface area (Å²) >= 11 is 0. The van der Waals surface area contributed by atoms with Crippen molar-refractivity contribution in [2.45, 2.75) is 57.8 Å². The summed E-state index contributed by atoms with van der Waals surface area (Å²) in [5.41, 5.74) is 7.25. The molecule has 0 heterocycles. The first-order valence-electron chi connectivity index (χ1n) is 15.1. The predicted molar refractivity (Wildman–Crippen MR) is 166 cm³/mol. The molecule has 226 valence electrons. The molecule has 0 radical (unpaired) electrons. The highest BCUT2D eigenvalue weighted by Gasteiger charge is 2.22. The predicted octanol–water partition coefficient (Wildman–Crippen LogP) is 9.47. The van der Waals surface area contributed by atoms with E-state index in [0.29, 0.717) is 44.7 Å². The van der Waals surface area contributed by atoms with Crippen LogP contribution in [0.2, 0.25) is 0 Å². The molecule has 0 amide bonds. The van der Waals surface area contributed by atoms with E-state index < -0.39 is 6.08 Å². The smallest absolute Gasteiger partial charge is 0.266 e. The standard InChI is InChI=1S/C36H44F2O4/c1-4-27-22-31(30-14-12-29(13-15-30)28-10-8-26(9-11-28)6-5-7-36(37)38)16-17-35(27)32-23-33(41-20-18-39-2)25-34(24-32)42-21-19-40-3/h7,12-17,22-26,28H,4-6,8-11,18-21H2,1-3H3. The molecule has 4 rings (SSSR count). The minimum Gasteiger partial charge on any atom is -0.491 e. The molecule has 0 bridgehead atoms. The lowest BCUT2D eigenvalue weighted by molar-refractivity contribution is 0.142. The summed E-state index contributed by atoms with van der Waals surface area (Å²) in [7, 11) is 3.32. The van der Waals surface area contributed by atoms with Crippen LogP contribution in [-0.2, 0) is 15.9 Å². The number of hydrogen-bond acceptors (Lipinski definition) is 4. The van der Waals surface area contributed by atoms with Gasteiger partial charge in [0.15, 0.2) is 0 Å². The fourth-order valence-corrected chi connectivity index (χ4v) is 5.89. The Balaban J connectivity index is 1.47. The molecule has 1 aliphatic carbocycles. The van der Waals surface area contributed by atoms with Crippen molar-refractivity contribution >= 4 is 0 Å². The van der Waals surface area contributed by atoms with Crippen LogP contribution in [0.15, 0.2) is 72.8 Å². The number of halogens is 2. The van der Waals surface area contributed by atoms with E-state index in [1.165, 1.54) is 22.3 Å². The van der Waals surface area contributed by atoms with E-state index in [0.717, 1.165) is 67.2 Å². The van der Waals surface area contributed by atoms with Gasteiger partial charge in [-0.15, -0.1) is 0 Å². The maximum atomic E-state index is 12.3. The number of benzene rings is 3. The maximum absolute atomic E-state index is 12.3. The first kappa shape index (κ1) is 31.7. The molecule has 1 fully saturated rings. The Labute approximate surface area is 249 Å². The zero-order chi connectivity index (χ0) is 29.7. The molecule has 42 heavy (non-hydrogen) atoms. The van der Waals surface area contributed by atoms with Gasteiger partial charge >= 0.3 is 0 Å². The normalized spacial score (nSPS) is 16.7. The highest BCUT2D eigenvalue weighted by Crippen LogP contribution is 2.39. The third-order valence-corrected chi connectivity index (χ3v) is 8.23. The monoisotopic (exact) mass is 578 g/mol. The minimum atomic E-state index is -1.56. The Bertz CT molecular complexity index is 1250. The van der Waals surface area contributed by atoms with Crippen LogP contribution in [0.5, 0.6) is 11.5 Å². The SMILES string of the molecule is CCc1cc(-c2ccc(C3CCC(CCC=C(F)F)CC3)cc2)ccc1-c1cc(OCCOC)cc(OCCOC)c1. The molecule has 0 spiro atoms. The summed E-state index contributed by atoms with van der Waals surface area (Å²) in [6.45, 7) is 4.14. The number of ether oxygens (including phenoxy) is 4. The molecule has 0 unspecified atom stereocenters. The molecular formula is C36H44F2O4. The van der Waals surface area contributed by atoms with E-state index in [1.807, 2.05) is 6.07 Å². The van der Waals surface area contributed by atoms with Gasteiger partial charge in [-0.3, -0.25) is 0 Å². The van der Waals surface area contributed by atoms with Gasteiger partial charge in [0.25, 0.3) is 6.08 Å². The van der Waals surface area contributed by atoms with E-state index in [4.69, 9.17) is 18.9 Å². The van der Waals surface area contributed by atoms with Gasteiger partial charge in [-0.2, -0.15) is 8.78 Å². The van der Waals surface area contributed by atoms with Crippen molar-refractivity contribution in [1.29, 1.82) is 0 Å². The van der Waals surface area contributed by atoms with Crippen LogP contribution in [0.4, 0.5) is 8.78 Å². The van der Waals surface area contributed by atoms with Gasteiger partial charge in [-0.1, -0.05) is 49.4 Å². The van der Waals surface area contributed by atoms with Crippen molar-refractivity contribution in [2.24, 2.45) is 5.92 Å². The third kappa shape index (κ3) is 9.14. The van der Waals surface area contributed by atoms with Crippen LogP contribution < -0.4 is 9.47 Å². The molecule has 0 aliphatic heterocycles. The highest BCUT2D eigenvalue weighted by atomic mass is 19.3. The van der Waals surface area contributed by atoms with Crippen LogP contribution in [0.3, 0.4) is 0 Å². The van der Waals surface area contributed by atoms with Gasteiger partial charge in [-0.25, -0.2) is 0 Å². The number of allylic oxidation sites excluding steroid dienone is 1. The van der Waals surface area contributed by atoms with Crippen LogP contribution >= 0.6 is 0 Å². The summed E-state index contributed by atoms with van der Waals surface area (Å²) < 4.78 is 46.9. The number of rotatable bonds is 15. The highest BCUT2D eigenvalue weighted by molar-refractivity contribution is 5.75. The van der Waals surface area contributed by atoms with Crippen molar-refractivity contribution in [3.05, 3.63) is 83.9 Å².